The van der Waals surface area contributed by atoms with Crippen molar-refractivity contribution < 1.29 is 9.53 Å². The molecule has 0 aromatic carbocycles. The normalized spacial score (nSPS) is 12.6. The molecule has 1 atom stereocenters. The predicted molar refractivity (Wildman–Crippen MR) is 104 cm³/mol. The van der Waals surface area contributed by atoms with E-state index in [1.807, 2.05) is 6.92 Å². The van der Waals surface area contributed by atoms with Crippen LogP contribution in [0.25, 0.3) is 0 Å². The van der Waals surface area contributed by atoms with Crippen molar-refractivity contribution in [1.29, 1.82) is 0 Å². The SMILES string of the molecule is CCCCCCCC/C=C\CCCCCCCC(=O)OC(N)CC. The van der Waals surface area contributed by atoms with E-state index in [2.05, 4.69) is 19.1 Å². The van der Waals surface area contributed by atoms with Gasteiger partial charge in [-0.1, -0.05) is 77.4 Å². The molecule has 0 fully saturated rings. The van der Waals surface area contributed by atoms with Crippen LogP contribution in [0.4, 0.5) is 0 Å². The van der Waals surface area contributed by atoms with Crippen molar-refractivity contribution in [3.63, 3.8) is 0 Å². The second kappa shape index (κ2) is 18.5. The van der Waals surface area contributed by atoms with Crippen LogP contribution in [0.5, 0.6) is 0 Å². The van der Waals surface area contributed by atoms with Crippen molar-refractivity contribution >= 4 is 5.97 Å². The molecule has 0 radical (unpaired) electrons. The minimum atomic E-state index is -0.430. The first kappa shape index (κ1) is 23.2. The Morgan fingerprint density at radius 1 is 0.833 bits per heavy atom. The number of hydrogen-bond donors (Lipinski definition) is 1. The minimum Gasteiger partial charge on any atom is -0.447 e. The molecule has 3 heteroatoms. The number of nitrogens with two attached hydrogens (primary N) is 1. The number of rotatable bonds is 17. The Balaban J connectivity index is 3.22. The van der Waals surface area contributed by atoms with E-state index in [1.54, 1.807) is 0 Å². The van der Waals surface area contributed by atoms with Crippen molar-refractivity contribution in [2.45, 2.75) is 116 Å². The molecule has 1 unspecified atom stereocenters. The first-order valence-electron chi connectivity index (χ1n) is 10.3. The fourth-order valence-corrected chi connectivity index (χ4v) is 2.65. The Hall–Kier alpha value is -0.830. The van der Waals surface area contributed by atoms with Crippen LogP contribution < -0.4 is 5.73 Å². The minimum absolute atomic E-state index is 0.151. The number of carbonyl (C=O) groups excluding carboxylic acids is 1. The van der Waals surface area contributed by atoms with Gasteiger partial charge in [-0.2, -0.15) is 0 Å². The molecule has 0 saturated heterocycles. The topological polar surface area (TPSA) is 52.3 Å². The van der Waals surface area contributed by atoms with Crippen LogP contribution in [0.2, 0.25) is 0 Å². The highest BCUT2D eigenvalue weighted by molar-refractivity contribution is 5.69. The summed E-state index contributed by atoms with van der Waals surface area (Å²) in [6.45, 7) is 4.18. The summed E-state index contributed by atoms with van der Waals surface area (Å²) in [5.41, 5.74) is 5.58. The number of carbonyl (C=O) groups is 1. The monoisotopic (exact) mass is 339 g/mol. The fourth-order valence-electron chi connectivity index (χ4n) is 2.65. The number of unbranched alkanes of at least 4 members (excludes halogenated alkanes) is 11. The molecular weight excluding hydrogens is 298 g/mol. The zero-order chi connectivity index (χ0) is 17.9. The molecule has 142 valence electrons. The molecule has 0 aromatic heterocycles. The van der Waals surface area contributed by atoms with Crippen LogP contribution in [0.1, 0.15) is 110 Å². The Bertz CT molecular complexity index is 302. The molecular formula is C21H41NO2. The molecule has 0 bridgehead atoms. The standard InChI is InChI=1S/C21H41NO2/c1-3-5-6-7-8-9-10-11-12-13-14-15-16-17-18-19-21(23)24-20(22)4-2/h11-12,20H,3-10,13-19,22H2,1-2H3/b12-11-. The zero-order valence-electron chi connectivity index (χ0n) is 16.2. The van der Waals surface area contributed by atoms with E-state index in [0.29, 0.717) is 12.8 Å². The van der Waals surface area contributed by atoms with E-state index in [0.717, 1.165) is 12.8 Å². The van der Waals surface area contributed by atoms with E-state index < -0.39 is 6.23 Å². The lowest BCUT2D eigenvalue weighted by atomic mass is 10.1. The van der Waals surface area contributed by atoms with Crippen LogP contribution in [0, 0.1) is 0 Å². The third-order valence-electron chi connectivity index (χ3n) is 4.33. The van der Waals surface area contributed by atoms with Gasteiger partial charge in [0.2, 0.25) is 0 Å². The Morgan fingerprint density at radius 2 is 1.33 bits per heavy atom. The highest BCUT2D eigenvalue weighted by atomic mass is 16.6. The number of ether oxygens (including phenoxy) is 1. The smallest absolute Gasteiger partial charge is 0.307 e. The third-order valence-corrected chi connectivity index (χ3v) is 4.33. The van der Waals surface area contributed by atoms with Gasteiger partial charge in [0.15, 0.2) is 6.23 Å². The third kappa shape index (κ3) is 17.5. The van der Waals surface area contributed by atoms with Crippen LogP contribution in [-0.4, -0.2) is 12.2 Å². The van der Waals surface area contributed by atoms with Gasteiger partial charge in [-0.15, -0.1) is 0 Å². The molecule has 3 nitrogen and oxygen atoms in total. The van der Waals surface area contributed by atoms with Crippen molar-refractivity contribution in [2.75, 3.05) is 0 Å². The lowest BCUT2D eigenvalue weighted by Gasteiger charge is -2.10. The Labute approximate surface area is 150 Å². The fraction of sp³-hybridized carbons (Fsp3) is 0.857. The number of allylic oxidation sites excluding steroid dienone is 2. The molecule has 0 aliphatic rings. The summed E-state index contributed by atoms with van der Waals surface area (Å²) >= 11 is 0. The molecule has 0 rings (SSSR count). The van der Waals surface area contributed by atoms with E-state index in [9.17, 15) is 4.79 Å². The molecule has 0 aliphatic heterocycles. The lowest BCUT2D eigenvalue weighted by molar-refractivity contribution is -0.149. The highest BCUT2D eigenvalue weighted by Crippen LogP contribution is 2.10. The molecule has 0 amide bonds. The maximum atomic E-state index is 11.4. The summed E-state index contributed by atoms with van der Waals surface area (Å²) in [5.74, 6) is -0.151. The average molecular weight is 340 g/mol. The first-order chi connectivity index (χ1) is 11.7. The van der Waals surface area contributed by atoms with Crippen molar-refractivity contribution in [3.8, 4) is 0 Å². The number of hydrogen-bond acceptors (Lipinski definition) is 3. The first-order valence-corrected chi connectivity index (χ1v) is 10.3. The molecule has 0 aliphatic carbocycles. The molecule has 2 N–H and O–H groups in total. The number of esters is 1. The van der Waals surface area contributed by atoms with Gasteiger partial charge in [0, 0.05) is 6.42 Å². The maximum absolute atomic E-state index is 11.4. The second-order valence-corrected chi connectivity index (χ2v) is 6.77. The van der Waals surface area contributed by atoms with Gasteiger partial charge >= 0.3 is 5.97 Å². The summed E-state index contributed by atoms with van der Waals surface area (Å²) in [6, 6.07) is 0. The summed E-state index contributed by atoms with van der Waals surface area (Å²) in [5, 5.41) is 0. The summed E-state index contributed by atoms with van der Waals surface area (Å²) in [4.78, 5) is 11.4. The van der Waals surface area contributed by atoms with Crippen molar-refractivity contribution in [1.82, 2.24) is 0 Å². The van der Waals surface area contributed by atoms with E-state index >= 15 is 0 Å². The predicted octanol–water partition coefficient (Wildman–Crippen LogP) is 6.26. The van der Waals surface area contributed by atoms with Gasteiger partial charge in [-0.3, -0.25) is 10.5 Å². The average Bonchev–Trinajstić information content (AvgIpc) is 2.58. The molecule has 0 spiro atoms. The highest BCUT2D eigenvalue weighted by Gasteiger charge is 2.06. The Kier molecular flexibility index (Phi) is 17.9. The van der Waals surface area contributed by atoms with Gasteiger partial charge in [-0.25, -0.2) is 0 Å². The van der Waals surface area contributed by atoms with Crippen LogP contribution >= 0.6 is 0 Å². The lowest BCUT2D eigenvalue weighted by Crippen LogP contribution is -2.25. The van der Waals surface area contributed by atoms with Gasteiger partial charge in [-0.05, 0) is 38.5 Å². The van der Waals surface area contributed by atoms with Crippen molar-refractivity contribution in [2.24, 2.45) is 5.73 Å². The van der Waals surface area contributed by atoms with E-state index in [4.69, 9.17) is 10.5 Å². The van der Waals surface area contributed by atoms with Crippen molar-refractivity contribution in [3.05, 3.63) is 12.2 Å². The van der Waals surface area contributed by atoms with Gasteiger partial charge < -0.3 is 4.74 Å². The zero-order valence-corrected chi connectivity index (χ0v) is 16.2. The second-order valence-electron chi connectivity index (χ2n) is 6.77. The van der Waals surface area contributed by atoms with Gasteiger partial charge in [0.05, 0.1) is 0 Å². The molecule has 0 aromatic rings. The summed E-state index contributed by atoms with van der Waals surface area (Å²) in [7, 11) is 0. The quantitative estimate of drug-likeness (QED) is 0.147. The molecule has 24 heavy (non-hydrogen) atoms. The summed E-state index contributed by atoms with van der Waals surface area (Å²) in [6.07, 6.45) is 21.9. The summed E-state index contributed by atoms with van der Waals surface area (Å²) < 4.78 is 5.05. The van der Waals surface area contributed by atoms with Gasteiger partial charge in [0.25, 0.3) is 0 Å². The van der Waals surface area contributed by atoms with E-state index in [1.165, 1.54) is 70.6 Å². The van der Waals surface area contributed by atoms with Crippen LogP contribution in [0.15, 0.2) is 12.2 Å². The van der Waals surface area contributed by atoms with Gasteiger partial charge in [0.1, 0.15) is 0 Å². The Morgan fingerprint density at radius 3 is 1.88 bits per heavy atom. The van der Waals surface area contributed by atoms with Crippen LogP contribution in [-0.2, 0) is 9.53 Å². The largest absolute Gasteiger partial charge is 0.447 e. The van der Waals surface area contributed by atoms with Crippen LogP contribution in [0.3, 0.4) is 0 Å². The molecule has 0 saturated carbocycles. The molecule has 0 heterocycles. The maximum Gasteiger partial charge on any atom is 0.307 e. The van der Waals surface area contributed by atoms with E-state index in [-0.39, 0.29) is 5.97 Å².